The van der Waals surface area contributed by atoms with Crippen molar-refractivity contribution in [1.82, 2.24) is 0 Å². The van der Waals surface area contributed by atoms with Crippen molar-refractivity contribution in [1.29, 1.82) is 0 Å². The summed E-state index contributed by atoms with van der Waals surface area (Å²) in [6, 6.07) is 11.4. The van der Waals surface area contributed by atoms with Gasteiger partial charge in [-0.05, 0) is 64.7 Å². The van der Waals surface area contributed by atoms with Crippen LogP contribution in [0.3, 0.4) is 0 Å². The van der Waals surface area contributed by atoms with E-state index < -0.39 is 0 Å². The number of hydrogen-bond donors (Lipinski definition) is 1. The van der Waals surface area contributed by atoms with E-state index in [1.807, 2.05) is 23.1 Å². The number of rotatable bonds is 4. The summed E-state index contributed by atoms with van der Waals surface area (Å²) < 4.78 is 1.26. The largest absolute Gasteiger partial charge is 0.377 e. The van der Waals surface area contributed by atoms with E-state index in [0.717, 1.165) is 5.75 Å². The standard InChI is InChI=1S/C16H18BrNS2/c1-2-19-15-8-4-3-6-13(15)18-12-7-5-9-14-11(12)10-16(17)20-14/h3-4,6,8,10,12,18H,2,5,7,9H2,1H3. The van der Waals surface area contributed by atoms with Gasteiger partial charge >= 0.3 is 0 Å². The molecule has 0 fully saturated rings. The summed E-state index contributed by atoms with van der Waals surface area (Å²) in [4.78, 5) is 2.90. The number of halogens is 1. The van der Waals surface area contributed by atoms with Crippen molar-refractivity contribution >= 4 is 44.7 Å². The summed E-state index contributed by atoms with van der Waals surface area (Å²) in [5.41, 5.74) is 2.77. The quantitative estimate of drug-likeness (QED) is 0.653. The topological polar surface area (TPSA) is 12.0 Å². The first-order valence-corrected chi connectivity index (χ1v) is 9.64. The van der Waals surface area contributed by atoms with Gasteiger partial charge in [0.1, 0.15) is 0 Å². The zero-order valence-corrected chi connectivity index (χ0v) is 14.7. The van der Waals surface area contributed by atoms with Crippen molar-refractivity contribution < 1.29 is 0 Å². The Morgan fingerprint density at radius 3 is 3.10 bits per heavy atom. The fraction of sp³-hybridized carbons (Fsp3) is 0.375. The first kappa shape index (κ1) is 14.5. The van der Waals surface area contributed by atoms with E-state index in [2.05, 4.69) is 58.5 Å². The summed E-state index contributed by atoms with van der Waals surface area (Å²) >= 11 is 7.43. The predicted molar refractivity (Wildman–Crippen MR) is 94.2 cm³/mol. The average Bonchev–Trinajstić information content (AvgIpc) is 2.83. The Labute approximate surface area is 137 Å². The minimum atomic E-state index is 0.458. The molecule has 1 heterocycles. The summed E-state index contributed by atoms with van der Waals surface area (Å²) in [6.45, 7) is 2.20. The van der Waals surface area contributed by atoms with E-state index in [9.17, 15) is 0 Å². The molecule has 1 N–H and O–H groups in total. The summed E-state index contributed by atoms with van der Waals surface area (Å²) in [5, 5.41) is 3.77. The zero-order valence-electron chi connectivity index (χ0n) is 11.5. The maximum absolute atomic E-state index is 3.77. The van der Waals surface area contributed by atoms with Gasteiger partial charge in [0.15, 0.2) is 0 Å². The molecule has 2 aromatic rings. The van der Waals surface area contributed by atoms with Crippen molar-refractivity contribution in [2.24, 2.45) is 0 Å². The minimum Gasteiger partial charge on any atom is -0.377 e. The van der Waals surface area contributed by atoms with Crippen LogP contribution in [0, 0.1) is 0 Å². The van der Waals surface area contributed by atoms with Crippen molar-refractivity contribution in [3.8, 4) is 0 Å². The van der Waals surface area contributed by atoms with Crippen LogP contribution in [-0.2, 0) is 6.42 Å². The Balaban J connectivity index is 1.85. The molecule has 0 radical (unpaired) electrons. The van der Waals surface area contributed by atoms with E-state index >= 15 is 0 Å². The predicted octanol–water partition coefficient (Wildman–Crippen LogP) is 6.11. The van der Waals surface area contributed by atoms with Crippen LogP contribution in [0.25, 0.3) is 0 Å². The molecule has 0 bridgehead atoms. The molecular formula is C16H18BrNS2. The van der Waals surface area contributed by atoms with Crippen molar-refractivity contribution in [2.75, 3.05) is 11.1 Å². The van der Waals surface area contributed by atoms with Gasteiger partial charge in [0.25, 0.3) is 0 Å². The Bertz CT molecular complexity index is 594. The lowest BCUT2D eigenvalue weighted by Gasteiger charge is -2.25. The number of anilines is 1. The molecule has 1 atom stereocenters. The number of benzene rings is 1. The molecule has 0 aliphatic heterocycles. The van der Waals surface area contributed by atoms with Gasteiger partial charge in [-0.15, -0.1) is 23.1 Å². The van der Waals surface area contributed by atoms with Crippen molar-refractivity contribution in [3.63, 3.8) is 0 Å². The molecule has 106 valence electrons. The lowest BCUT2D eigenvalue weighted by Crippen LogP contribution is -2.16. The lowest BCUT2D eigenvalue weighted by molar-refractivity contribution is 0.608. The fourth-order valence-corrected chi connectivity index (χ4v) is 5.31. The maximum Gasteiger partial charge on any atom is 0.0705 e. The highest BCUT2D eigenvalue weighted by Gasteiger charge is 2.23. The Hall–Kier alpha value is -0.450. The number of hydrogen-bond acceptors (Lipinski definition) is 3. The van der Waals surface area contributed by atoms with Crippen LogP contribution in [0.2, 0.25) is 0 Å². The molecule has 1 aromatic heterocycles. The average molecular weight is 368 g/mol. The van der Waals surface area contributed by atoms with Gasteiger partial charge in [0.2, 0.25) is 0 Å². The van der Waals surface area contributed by atoms with Crippen molar-refractivity contribution in [3.05, 3.63) is 44.6 Å². The van der Waals surface area contributed by atoms with Gasteiger partial charge in [-0.3, -0.25) is 0 Å². The number of fused-ring (bicyclic) bond motifs is 1. The van der Waals surface area contributed by atoms with E-state index in [4.69, 9.17) is 0 Å². The molecule has 1 aliphatic rings. The second kappa shape index (κ2) is 6.54. The van der Waals surface area contributed by atoms with Gasteiger partial charge < -0.3 is 5.32 Å². The van der Waals surface area contributed by atoms with Crippen LogP contribution in [0.1, 0.15) is 36.2 Å². The lowest BCUT2D eigenvalue weighted by atomic mass is 9.94. The van der Waals surface area contributed by atoms with Gasteiger partial charge in [-0.1, -0.05) is 19.1 Å². The van der Waals surface area contributed by atoms with E-state index in [0.29, 0.717) is 6.04 Å². The molecule has 1 aliphatic carbocycles. The molecule has 0 saturated carbocycles. The molecular weight excluding hydrogens is 350 g/mol. The van der Waals surface area contributed by atoms with Crippen LogP contribution in [0.4, 0.5) is 5.69 Å². The highest BCUT2D eigenvalue weighted by Crippen LogP contribution is 2.40. The van der Waals surface area contributed by atoms with Crippen LogP contribution < -0.4 is 5.32 Å². The van der Waals surface area contributed by atoms with Crippen LogP contribution in [0.15, 0.2) is 39.0 Å². The molecule has 0 spiro atoms. The Kier molecular flexibility index (Phi) is 4.74. The SMILES string of the molecule is CCSc1ccccc1NC1CCCc2sc(Br)cc21. The molecule has 4 heteroatoms. The third-order valence-corrected chi connectivity index (χ3v) is 6.27. The number of aryl methyl sites for hydroxylation is 1. The second-order valence-corrected chi connectivity index (χ2v) is 8.77. The highest BCUT2D eigenvalue weighted by atomic mass is 79.9. The van der Waals surface area contributed by atoms with Gasteiger partial charge in [0, 0.05) is 15.5 Å². The molecule has 0 saturated heterocycles. The fourth-order valence-electron chi connectivity index (χ4n) is 2.73. The summed E-state index contributed by atoms with van der Waals surface area (Å²) in [5.74, 6) is 1.11. The smallest absolute Gasteiger partial charge is 0.0705 e. The Morgan fingerprint density at radius 1 is 1.40 bits per heavy atom. The second-order valence-electron chi connectivity index (χ2n) is 4.95. The summed E-state index contributed by atoms with van der Waals surface area (Å²) in [6.07, 6.45) is 3.73. The summed E-state index contributed by atoms with van der Waals surface area (Å²) in [7, 11) is 0. The van der Waals surface area contributed by atoms with Gasteiger partial charge in [-0.2, -0.15) is 0 Å². The third-order valence-electron chi connectivity index (χ3n) is 3.60. The van der Waals surface area contributed by atoms with Crippen LogP contribution >= 0.6 is 39.0 Å². The molecule has 1 unspecified atom stereocenters. The first-order valence-electron chi connectivity index (χ1n) is 7.04. The van der Waals surface area contributed by atoms with Crippen LogP contribution in [0.5, 0.6) is 0 Å². The van der Waals surface area contributed by atoms with E-state index in [1.54, 1.807) is 4.88 Å². The highest BCUT2D eigenvalue weighted by molar-refractivity contribution is 9.11. The third kappa shape index (κ3) is 3.07. The molecule has 1 nitrogen and oxygen atoms in total. The van der Waals surface area contributed by atoms with E-state index in [1.165, 1.54) is 39.2 Å². The molecule has 20 heavy (non-hydrogen) atoms. The number of thiophene rings is 1. The first-order chi connectivity index (χ1) is 9.78. The van der Waals surface area contributed by atoms with Crippen LogP contribution in [-0.4, -0.2) is 5.75 Å². The van der Waals surface area contributed by atoms with Crippen molar-refractivity contribution in [2.45, 2.75) is 37.1 Å². The number of nitrogens with one attached hydrogen (secondary N) is 1. The molecule has 1 aromatic carbocycles. The normalized spacial score (nSPS) is 17.8. The zero-order chi connectivity index (χ0) is 13.9. The van der Waals surface area contributed by atoms with E-state index in [-0.39, 0.29) is 0 Å². The Morgan fingerprint density at radius 2 is 2.25 bits per heavy atom. The molecule has 3 rings (SSSR count). The number of para-hydroxylation sites is 1. The molecule has 0 amide bonds. The van der Waals surface area contributed by atoms with Gasteiger partial charge in [-0.25, -0.2) is 0 Å². The minimum absolute atomic E-state index is 0.458. The monoisotopic (exact) mass is 367 g/mol. The van der Waals surface area contributed by atoms with Gasteiger partial charge in [0.05, 0.1) is 9.83 Å². The number of thioether (sulfide) groups is 1. The maximum atomic E-state index is 3.77.